The van der Waals surface area contributed by atoms with Crippen molar-refractivity contribution < 1.29 is 4.42 Å². The zero-order chi connectivity index (χ0) is 46.0. The maximum absolute atomic E-state index is 6.83. The number of aryl methyl sites for hydroxylation is 1. The van der Waals surface area contributed by atoms with Gasteiger partial charge in [0.15, 0.2) is 17.5 Å². The first kappa shape index (κ1) is 40.3. The molecule has 0 saturated heterocycles. The van der Waals surface area contributed by atoms with Crippen molar-refractivity contribution in [2.24, 2.45) is 0 Å². The van der Waals surface area contributed by atoms with Gasteiger partial charge in [0.25, 0.3) is 0 Å². The van der Waals surface area contributed by atoms with Crippen LogP contribution in [-0.4, -0.2) is 15.0 Å². The quantitative estimate of drug-likeness (QED) is 0.150. The molecule has 0 atom stereocenters. The average Bonchev–Trinajstić information content (AvgIpc) is 3.80. The minimum Gasteiger partial charge on any atom is -0.455 e. The first-order valence-electron chi connectivity index (χ1n) is 23.5. The third-order valence-corrected chi connectivity index (χ3v) is 13.9. The van der Waals surface area contributed by atoms with Gasteiger partial charge in [0, 0.05) is 33.0 Å². The summed E-state index contributed by atoms with van der Waals surface area (Å²) in [6.07, 6.45) is 0. The Morgan fingerprint density at radius 2 is 0.841 bits per heavy atom. The van der Waals surface area contributed by atoms with Gasteiger partial charge < -0.3 is 4.42 Å². The highest BCUT2D eigenvalue weighted by Crippen LogP contribution is 2.42. The number of aromatic nitrogens is 3. The number of fused-ring (bicyclic) bond motifs is 7. The molecule has 4 heteroatoms. The van der Waals surface area contributed by atoms with E-state index in [1.807, 2.05) is 12.1 Å². The molecule has 0 N–H and O–H groups in total. The molecule has 324 valence electrons. The summed E-state index contributed by atoms with van der Waals surface area (Å²) in [6, 6.07) is 79.6. The number of hydrogen-bond donors (Lipinski definition) is 0. The molecule has 13 rings (SSSR count). The Morgan fingerprint density at radius 3 is 1.70 bits per heavy atom. The molecule has 0 spiro atoms. The SMILES string of the molecule is Cc1ccccc1-c1cccc(-c2ccc(-c3cccc(-c4nc(-c5ccc6c(ccc7ccccc76)c5)nc(-c5cccc6oc7c(-c8cccc9ccccc89)cccc7c56)n4)c3)cc2)c1C. The number of para-hydroxylation sites is 1. The van der Waals surface area contributed by atoms with Gasteiger partial charge >= 0.3 is 0 Å². The molecular weight excluding hydrogens is 839 g/mol. The second-order valence-corrected chi connectivity index (χ2v) is 18.0. The van der Waals surface area contributed by atoms with Gasteiger partial charge in [-0.25, -0.2) is 15.0 Å². The van der Waals surface area contributed by atoms with Crippen LogP contribution in [0.5, 0.6) is 0 Å². The molecule has 0 unspecified atom stereocenters. The number of hydrogen-bond acceptors (Lipinski definition) is 4. The molecule has 69 heavy (non-hydrogen) atoms. The lowest BCUT2D eigenvalue weighted by Gasteiger charge is -2.14. The number of rotatable bonds is 7. The second kappa shape index (κ2) is 16.4. The van der Waals surface area contributed by atoms with Crippen molar-refractivity contribution >= 4 is 54.3 Å². The van der Waals surface area contributed by atoms with E-state index in [0.717, 1.165) is 66.3 Å². The van der Waals surface area contributed by atoms with Crippen LogP contribution in [0.25, 0.3) is 133 Å². The summed E-state index contributed by atoms with van der Waals surface area (Å²) in [4.78, 5) is 15.9. The van der Waals surface area contributed by atoms with Crippen LogP contribution in [0, 0.1) is 13.8 Å². The maximum atomic E-state index is 6.83. The molecule has 4 nitrogen and oxygen atoms in total. The Kier molecular flexibility index (Phi) is 9.58. The molecule has 13 aromatic rings. The van der Waals surface area contributed by atoms with Crippen molar-refractivity contribution in [3.8, 4) is 78.7 Å². The first-order chi connectivity index (χ1) is 34.0. The lowest BCUT2D eigenvalue weighted by Crippen LogP contribution is -2.00. The Hall–Kier alpha value is -8.99. The molecule has 0 radical (unpaired) electrons. The molecule has 0 saturated carbocycles. The van der Waals surface area contributed by atoms with Crippen molar-refractivity contribution in [3.05, 3.63) is 236 Å². The highest BCUT2D eigenvalue weighted by Gasteiger charge is 2.21. The zero-order valence-electron chi connectivity index (χ0n) is 38.1. The fourth-order valence-corrected chi connectivity index (χ4v) is 10.4. The number of benzene rings is 11. The van der Waals surface area contributed by atoms with Gasteiger partial charge in [0.05, 0.1) is 0 Å². The summed E-state index contributed by atoms with van der Waals surface area (Å²) in [5.41, 5.74) is 16.2. The molecule has 2 aromatic heterocycles. The molecule has 11 aromatic carbocycles. The Morgan fingerprint density at radius 1 is 0.304 bits per heavy atom. The van der Waals surface area contributed by atoms with Crippen LogP contribution < -0.4 is 0 Å². The number of nitrogens with zero attached hydrogens (tertiary/aromatic N) is 3. The van der Waals surface area contributed by atoms with E-state index in [1.54, 1.807) is 0 Å². The molecule has 0 fully saturated rings. The van der Waals surface area contributed by atoms with E-state index in [4.69, 9.17) is 19.4 Å². The Bertz CT molecular complexity index is 4160. The highest BCUT2D eigenvalue weighted by atomic mass is 16.3. The van der Waals surface area contributed by atoms with Gasteiger partial charge in [-0.05, 0) is 114 Å². The molecule has 2 heterocycles. The summed E-state index contributed by atoms with van der Waals surface area (Å²) in [6.45, 7) is 4.41. The molecule has 0 aliphatic carbocycles. The van der Waals surface area contributed by atoms with Crippen LogP contribution in [0.4, 0.5) is 0 Å². The summed E-state index contributed by atoms with van der Waals surface area (Å²) in [5, 5.41) is 9.09. The minimum atomic E-state index is 0.579. The highest BCUT2D eigenvalue weighted by molar-refractivity contribution is 6.16. The van der Waals surface area contributed by atoms with E-state index >= 15 is 0 Å². The summed E-state index contributed by atoms with van der Waals surface area (Å²) >= 11 is 0. The lowest BCUT2D eigenvalue weighted by molar-refractivity contribution is 0.670. The topological polar surface area (TPSA) is 51.8 Å². The van der Waals surface area contributed by atoms with Gasteiger partial charge in [-0.3, -0.25) is 0 Å². The van der Waals surface area contributed by atoms with Crippen molar-refractivity contribution in [2.45, 2.75) is 13.8 Å². The molecule has 0 aliphatic heterocycles. The van der Waals surface area contributed by atoms with E-state index in [1.165, 1.54) is 60.3 Å². The van der Waals surface area contributed by atoms with Gasteiger partial charge in [-0.15, -0.1) is 0 Å². The molecular formula is C65H43N3O. The van der Waals surface area contributed by atoms with Gasteiger partial charge in [-0.1, -0.05) is 206 Å². The van der Waals surface area contributed by atoms with Crippen LogP contribution in [0.2, 0.25) is 0 Å². The van der Waals surface area contributed by atoms with E-state index in [0.29, 0.717) is 17.5 Å². The van der Waals surface area contributed by atoms with E-state index in [-0.39, 0.29) is 0 Å². The smallest absolute Gasteiger partial charge is 0.164 e. The van der Waals surface area contributed by atoms with Crippen LogP contribution >= 0.6 is 0 Å². The van der Waals surface area contributed by atoms with Crippen molar-refractivity contribution in [3.63, 3.8) is 0 Å². The summed E-state index contributed by atoms with van der Waals surface area (Å²) in [7, 11) is 0. The Balaban J connectivity index is 0.944. The van der Waals surface area contributed by atoms with E-state index in [9.17, 15) is 0 Å². The van der Waals surface area contributed by atoms with Crippen molar-refractivity contribution in [1.82, 2.24) is 15.0 Å². The van der Waals surface area contributed by atoms with Crippen molar-refractivity contribution in [1.29, 1.82) is 0 Å². The van der Waals surface area contributed by atoms with Crippen LogP contribution in [-0.2, 0) is 0 Å². The van der Waals surface area contributed by atoms with Crippen LogP contribution in [0.3, 0.4) is 0 Å². The third-order valence-electron chi connectivity index (χ3n) is 13.9. The molecule has 0 amide bonds. The largest absolute Gasteiger partial charge is 0.455 e. The first-order valence-corrected chi connectivity index (χ1v) is 23.5. The van der Waals surface area contributed by atoms with Gasteiger partial charge in [0.2, 0.25) is 0 Å². The normalized spacial score (nSPS) is 11.6. The molecule has 0 aliphatic rings. The molecule has 0 bridgehead atoms. The predicted octanol–water partition coefficient (Wildman–Crippen LogP) is 17.5. The number of furan rings is 1. The Labute approximate surface area is 399 Å². The summed E-state index contributed by atoms with van der Waals surface area (Å²) in [5.74, 6) is 1.77. The van der Waals surface area contributed by atoms with Crippen LogP contribution in [0.15, 0.2) is 229 Å². The van der Waals surface area contributed by atoms with Gasteiger partial charge in [0.1, 0.15) is 11.2 Å². The van der Waals surface area contributed by atoms with Crippen LogP contribution in [0.1, 0.15) is 11.1 Å². The van der Waals surface area contributed by atoms with Crippen molar-refractivity contribution in [2.75, 3.05) is 0 Å². The average molecular weight is 882 g/mol. The lowest BCUT2D eigenvalue weighted by atomic mass is 9.90. The summed E-state index contributed by atoms with van der Waals surface area (Å²) < 4.78 is 6.83. The fourth-order valence-electron chi connectivity index (χ4n) is 10.4. The minimum absolute atomic E-state index is 0.579. The predicted molar refractivity (Wildman–Crippen MR) is 287 cm³/mol. The third kappa shape index (κ3) is 6.96. The maximum Gasteiger partial charge on any atom is 0.164 e. The standard InChI is InChI=1S/C65H43N3O/c1-40-14-3-6-20-50(40)52-24-11-23-51(41(52)2)45-32-30-42(31-33-45)46-18-9-19-48(38-46)63-66-64(49-36-37-55-47(39-49)35-34-44-16-5-7-21-53(44)55)68-65(67-63)59-28-13-29-60-61(59)58-27-12-26-57(62(58)69-60)56-25-10-17-43-15-4-8-22-54(43)56/h3-39H,1-2H3. The van der Waals surface area contributed by atoms with Gasteiger partial charge in [-0.2, -0.15) is 0 Å². The van der Waals surface area contributed by atoms with E-state index in [2.05, 4.69) is 226 Å². The zero-order valence-corrected chi connectivity index (χ0v) is 38.1. The monoisotopic (exact) mass is 881 g/mol. The second-order valence-electron chi connectivity index (χ2n) is 18.0. The fraction of sp³-hybridized carbons (Fsp3) is 0.0308. The van der Waals surface area contributed by atoms with E-state index < -0.39 is 0 Å².